The molecule has 0 atom stereocenters. The number of nitrogens with zero attached hydrogens (tertiary/aromatic N) is 6. The van der Waals surface area contributed by atoms with E-state index in [1.165, 1.54) is 0 Å². The highest BCUT2D eigenvalue weighted by atomic mass is 16.5. The van der Waals surface area contributed by atoms with Crippen LogP contribution < -0.4 is 9.64 Å². The Balaban J connectivity index is 1.26. The van der Waals surface area contributed by atoms with Gasteiger partial charge in [-0.1, -0.05) is 36.4 Å². The van der Waals surface area contributed by atoms with Crippen molar-refractivity contribution >= 4 is 22.8 Å². The number of fused-ring (bicyclic) bond motifs is 1. The number of carbonyl (C=O) groups excluding carboxylic acids is 1. The number of hydrogen-bond acceptors (Lipinski definition) is 7. The minimum atomic E-state index is -0.242. The van der Waals surface area contributed by atoms with Crippen LogP contribution in [0.15, 0.2) is 73.2 Å². The maximum atomic E-state index is 12.2. The number of hydrogen-bond donors (Lipinski definition) is 0. The van der Waals surface area contributed by atoms with Gasteiger partial charge in [0.05, 0.1) is 23.8 Å². The average Bonchev–Trinajstić information content (AvgIpc) is 3.25. The first-order valence-corrected chi connectivity index (χ1v) is 10.2. The number of aromatic nitrogens is 4. The number of carbonyl (C=O) groups is 1. The van der Waals surface area contributed by atoms with E-state index in [0.29, 0.717) is 5.75 Å². The smallest absolute Gasteiger partial charge is 0.325 e. The van der Waals surface area contributed by atoms with E-state index in [2.05, 4.69) is 24.9 Å². The summed E-state index contributed by atoms with van der Waals surface area (Å²) in [6.45, 7) is 3.31. The van der Waals surface area contributed by atoms with Crippen LogP contribution in [0, 0.1) is 0 Å². The molecule has 2 aromatic carbocycles. The van der Waals surface area contributed by atoms with Gasteiger partial charge in [0, 0.05) is 26.2 Å². The molecule has 3 heterocycles. The summed E-state index contributed by atoms with van der Waals surface area (Å²) in [5.41, 5.74) is 1.74. The van der Waals surface area contributed by atoms with Crippen LogP contribution in [0.1, 0.15) is 0 Å². The first-order chi connectivity index (χ1) is 15.3. The summed E-state index contributed by atoms with van der Waals surface area (Å²) in [5.74, 6) is 1.21. The topological polar surface area (TPSA) is 76.4 Å². The molecule has 0 saturated carbocycles. The lowest BCUT2D eigenvalue weighted by Gasteiger charge is -2.34. The van der Waals surface area contributed by atoms with E-state index in [-0.39, 0.29) is 12.5 Å². The van der Waals surface area contributed by atoms with Gasteiger partial charge in [-0.15, -0.1) is 0 Å². The third-order valence-electron chi connectivity index (χ3n) is 5.34. The molecule has 5 rings (SSSR count). The van der Waals surface area contributed by atoms with Crippen LogP contribution in [0.25, 0.3) is 16.7 Å². The number of anilines is 1. The van der Waals surface area contributed by atoms with E-state index in [4.69, 9.17) is 4.74 Å². The maximum Gasteiger partial charge on any atom is 0.325 e. The molecular formula is C23H22N6O2. The summed E-state index contributed by atoms with van der Waals surface area (Å²) in [5, 5.41) is 5.45. The fourth-order valence-corrected chi connectivity index (χ4v) is 3.79. The molecule has 0 N–H and O–H groups in total. The molecule has 8 nitrogen and oxygen atoms in total. The molecule has 31 heavy (non-hydrogen) atoms. The van der Waals surface area contributed by atoms with Crippen LogP contribution in [0.4, 0.5) is 5.82 Å². The first-order valence-electron chi connectivity index (χ1n) is 10.2. The SMILES string of the molecule is O=C(CN1CCN(c2ncnc3c2cnn3-c2ccccc2)CC1)Oc1ccccc1. The molecule has 2 aromatic heterocycles. The molecule has 8 heteroatoms. The standard InChI is InChI=1S/C23H22N6O2/c30-21(31-19-9-5-2-6-10-19)16-27-11-13-28(14-12-27)22-20-15-26-29(23(20)25-17-24-22)18-7-3-1-4-8-18/h1-10,15,17H,11-14,16H2. The fourth-order valence-electron chi connectivity index (χ4n) is 3.79. The predicted molar refractivity (Wildman–Crippen MR) is 117 cm³/mol. The van der Waals surface area contributed by atoms with Gasteiger partial charge in [0.2, 0.25) is 0 Å². The molecule has 0 radical (unpaired) electrons. The van der Waals surface area contributed by atoms with Gasteiger partial charge in [-0.05, 0) is 24.3 Å². The zero-order chi connectivity index (χ0) is 21.0. The molecule has 0 bridgehead atoms. The predicted octanol–water partition coefficient (Wildman–Crippen LogP) is 2.54. The van der Waals surface area contributed by atoms with Crippen LogP contribution in [0.3, 0.4) is 0 Å². The van der Waals surface area contributed by atoms with Crippen molar-refractivity contribution < 1.29 is 9.53 Å². The van der Waals surface area contributed by atoms with E-state index in [1.807, 2.05) is 59.4 Å². The van der Waals surface area contributed by atoms with Gasteiger partial charge < -0.3 is 9.64 Å². The van der Waals surface area contributed by atoms with Gasteiger partial charge in [0.1, 0.15) is 17.9 Å². The van der Waals surface area contributed by atoms with Crippen LogP contribution in [-0.4, -0.2) is 63.3 Å². The average molecular weight is 414 g/mol. The van der Waals surface area contributed by atoms with Gasteiger partial charge >= 0.3 is 5.97 Å². The van der Waals surface area contributed by atoms with E-state index < -0.39 is 0 Å². The second kappa shape index (κ2) is 8.53. The zero-order valence-corrected chi connectivity index (χ0v) is 17.0. The van der Waals surface area contributed by atoms with Crippen molar-refractivity contribution in [3.8, 4) is 11.4 Å². The van der Waals surface area contributed by atoms with E-state index in [1.54, 1.807) is 18.5 Å². The number of rotatable bonds is 5. The van der Waals surface area contributed by atoms with Gasteiger partial charge in [-0.3, -0.25) is 9.69 Å². The second-order valence-electron chi connectivity index (χ2n) is 7.38. The van der Waals surface area contributed by atoms with Crippen molar-refractivity contribution in [2.45, 2.75) is 0 Å². The Labute approximate surface area is 179 Å². The van der Waals surface area contributed by atoms with Crippen molar-refractivity contribution in [3.63, 3.8) is 0 Å². The minimum Gasteiger partial charge on any atom is -0.426 e. The second-order valence-corrected chi connectivity index (χ2v) is 7.38. The quantitative estimate of drug-likeness (QED) is 0.367. The maximum absolute atomic E-state index is 12.2. The molecule has 1 fully saturated rings. The molecule has 1 aliphatic heterocycles. The number of piperazine rings is 1. The van der Waals surface area contributed by atoms with Crippen molar-refractivity contribution in [2.24, 2.45) is 0 Å². The first kappa shape index (κ1) is 19.2. The highest BCUT2D eigenvalue weighted by Gasteiger charge is 2.23. The summed E-state index contributed by atoms with van der Waals surface area (Å²) in [6, 6.07) is 19.1. The van der Waals surface area contributed by atoms with Gasteiger partial charge in [0.15, 0.2) is 5.65 Å². The number of esters is 1. The summed E-state index contributed by atoms with van der Waals surface area (Å²) in [6.07, 6.45) is 3.41. The van der Waals surface area contributed by atoms with Gasteiger partial charge in [-0.25, -0.2) is 14.6 Å². The molecule has 0 aliphatic carbocycles. The molecule has 1 saturated heterocycles. The molecule has 0 amide bonds. The third kappa shape index (κ3) is 4.10. The molecule has 0 unspecified atom stereocenters. The summed E-state index contributed by atoms with van der Waals surface area (Å²) in [7, 11) is 0. The monoisotopic (exact) mass is 414 g/mol. The van der Waals surface area contributed by atoms with E-state index in [0.717, 1.165) is 48.7 Å². The van der Waals surface area contributed by atoms with Gasteiger partial charge in [0.25, 0.3) is 0 Å². The van der Waals surface area contributed by atoms with Crippen molar-refractivity contribution in [2.75, 3.05) is 37.6 Å². The molecule has 1 aliphatic rings. The van der Waals surface area contributed by atoms with Crippen molar-refractivity contribution in [1.29, 1.82) is 0 Å². The lowest BCUT2D eigenvalue weighted by atomic mass is 10.2. The summed E-state index contributed by atoms with van der Waals surface area (Å²) in [4.78, 5) is 25.6. The zero-order valence-electron chi connectivity index (χ0n) is 17.0. The van der Waals surface area contributed by atoms with Crippen LogP contribution in [0.5, 0.6) is 5.75 Å². The van der Waals surface area contributed by atoms with E-state index in [9.17, 15) is 4.79 Å². The highest BCUT2D eigenvalue weighted by Crippen LogP contribution is 2.25. The summed E-state index contributed by atoms with van der Waals surface area (Å²) >= 11 is 0. The lowest BCUT2D eigenvalue weighted by molar-refractivity contribution is -0.135. The lowest BCUT2D eigenvalue weighted by Crippen LogP contribution is -2.48. The third-order valence-corrected chi connectivity index (χ3v) is 5.34. The Hall–Kier alpha value is -3.78. The molecule has 0 spiro atoms. The Morgan fingerprint density at radius 1 is 0.903 bits per heavy atom. The number of para-hydroxylation sites is 2. The van der Waals surface area contributed by atoms with Crippen LogP contribution in [-0.2, 0) is 4.79 Å². The Bertz CT molecular complexity index is 1170. The fraction of sp³-hybridized carbons (Fsp3) is 0.217. The van der Waals surface area contributed by atoms with Crippen LogP contribution >= 0.6 is 0 Å². The Morgan fingerprint density at radius 2 is 1.61 bits per heavy atom. The minimum absolute atomic E-state index is 0.242. The number of benzene rings is 2. The van der Waals surface area contributed by atoms with Crippen molar-refractivity contribution in [1.82, 2.24) is 24.6 Å². The molecular weight excluding hydrogens is 392 g/mol. The molecule has 4 aromatic rings. The molecule has 156 valence electrons. The normalized spacial score (nSPS) is 14.6. The van der Waals surface area contributed by atoms with Gasteiger partial charge in [-0.2, -0.15) is 5.10 Å². The largest absolute Gasteiger partial charge is 0.426 e. The van der Waals surface area contributed by atoms with E-state index >= 15 is 0 Å². The number of ether oxygens (including phenoxy) is 1. The van der Waals surface area contributed by atoms with Crippen LogP contribution in [0.2, 0.25) is 0 Å². The van der Waals surface area contributed by atoms with Crippen molar-refractivity contribution in [3.05, 3.63) is 73.2 Å². The highest BCUT2D eigenvalue weighted by molar-refractivity contribution is 5.87. The Kier molecular flexibility index (Phi) is 5.28. The summed E-state index contributed by atoms with van der Waals surface area (Å²) < 4.78 is 7.23. The Morgan fingerprint density at radius 3 is 2.35 bits per heavy atom.